The highest BCUT2D eigenvalue weighted by Crippen LogP contribution is 2.24. The molecule has 0 saturated heterocycles. The minimum Gasteiger partial charge on any atom is -0.492 e. The molecule has 0 unspecified atom stereocenters. The number of para-hydroxylation sites is 1. The van der Waals surface area contributed by atoms with E-state index in [4.69, 9.17) is 16.3 Å². The summed E-state index contributed by atoms with van der Waals surface area (Å²) in [7, 11) is 1.73. The fourth-order valence-electron chi connectivity index (χ4n) is 2.43. The van der Waals surface area contributed by atoms with E-state index < -0.39 is 0 Å². The first-order chi connectivity index (χ1) is 13.5. The maximum absolute atomic E-state index is 12.2. The average molecular weight is 422 g/mol. The van der Waals surface area contributed by atoms with E-state index in [1.165, 1.54) is 0 Å². The van der Waals surface area contributed by atoms with Crippen molar-refractivity contribution in [3.63, 3.8) is 0 Å². The van der Waals surface area contributed by atoms with Gasteiger partial charge in [-0.3, -0.25) is 14.5 Å². The van der Waals surface area contributed by atoms with Crippen molar-refractivity contribution in [2.75, 3.05) is 44.9 Å². The fraction of sp³-hybridized carbons (Fsp3) is 0.300. The Bertz CT molecular complexity index is 787. The number of amides is 2. The maximum atomic E-state index is 12.2. The standard InChI is InChI=1S/C20H24ClN3O3S/c1-24(14-20(26)23-17-5-3-4-6-18(17)28-2)13-19(25)22-11-12-27-16-9-7-15(21)8-10-16/h3-10H,11-14H2,1-2H3,(H,22,25)(H,23,26). The molecule has 6 nitrogen and oxygen atoms in total. The average Bonchev–Trinajstić information content (AvgIpc) is 2.66. The third kappa shape index (κ3) is 7.80. The highest BCUT2D eigenvalue weighted by atomic mass is 35.5. The van der Waals surface area contributed by atoms with E-state index in [0.29, 0.717) is 23.9 Å². The second kappa shape index (κ2) is 11.6. The van der Waals surface area contributed by atoms with Gasteiger partial charge < -0.3 is 15.4 Å². The molecule has 0 aliphatic rings. The molecule has 8 heteroatoms. The molecule has 2 N–H and O–H groups in total. The lowest BCUT2D eigenvalue weighted by atomic mass is 10.3. The molecule has 2 aromatic carbocycles. The number of hydrogen-bond donors (Lipinski definition) is 2. The molecule has 0 radical (unpaired) electrons. The van der Waals surface area contributed by atoms with Gasteiger partial charge in [0.25, 0.3) is 0 Å². The topological polar surface area (TPSA) is 70.7 Å². The van der Waals surface area contributed by atoms with Crippen LogP contribution in [0.4, 0.5) is 5.69 Å². The lowest BCUT2D eigenvalue weighted by molar-refractivity contribution is -0.123. The van der Waals surface area contributed by atoms with E-state index in [0.717, 1.165) is 10.6 Å². The first-order valence-electron chi connectivity index (χ1n) is 8.74. The Morgan fingerprint density at radius 3 is 2.46 bits per heavy atom. The van der Waals surface area contributed by atoms with Crippen LogP contribution in [0, 0.1) is 0 Å². The number of carbonyl (C=O) groups excluding carboxylic acids is 2. The van der Waals surface area contributed by atoms with Crippen molar-refractivity contribution in [3.8, 4) is 5.75 Å². The van der Waals surface area contributed by atoms with Crippen LogP contribution in [0.15, 0.2) is 53.4 Å². The molecule has 2 aromatic rings. The van der Waals surface area contributed by atoms with Gasteiger partial charge in [-0.2, -0.15) is 0 Å². The second-order valence-corrected chi connectivity index (χ2v) is 7.36. The zero-order valence-electron chi connectivity index (χ0n) is 15.9. The van der Waals surface area contributed by atoms with Crippen molar-refractivity contribution in [2.45, 2.75) is 4.90 Å². The molecule has 2 rings (SSSR count). The number of halogens is 1. The highest BCUT2D eigenvalue weighted by Gasteiger charge is 2.12. The van der Waals surface area contributed by atoms with Gasteiger partial charge in [-0.05, 0) is 49.7 Å². The van der Waals surface area contributed by atoms with Crippen LogP contribution in [-0.4, -0.2) is 56.3 Å². The summed E-state index contributed by atoms with van der Waals surface area (Å²) in [5, 5.41) is 6.29. The normalized spacial score (nSPS) is 10.6. The molecule has 28 heavy (non-hydrogen) atoms. The highest BCUT2D eigenvalue weighted by molar-refractivity contribution is 7.98. The van der Waals surface area contributed by atoms with E-state index >= 15 is 0 Å². The molecule has 0 aromatic heterocycles. The summed E-state index contributed by atoms with van der Waals surface area (Å²) in [5.41, 5.74) is 0.775. The predicted molar refractivity (Wildman–Crippen MR) is 114 cm³/mol. The molecule has 0 fully saturated rings. The molecule has 0 saturated carbocycles. The number of benzene rings is 2. The lowest BCUT2D eigenvalue weighted by Gasteiger charge is -2.17. The number of rotatable bonds is 10. The Balaban J connectivity index is 1.66. The van der Waals surface area contributed by atoms with Crippen molar-refractivity contribution in [1.82, 2.24) is 10.2 Å². The third-order valence-electron chi connectivity index (χ3n) is 3.71. The minimum absolute atomic E-state index is 0.122. The summed E-state index contributed by atoms with van der Waals surface area (Å²) >= 11 is 7.38. The van der Waals surface area contributed by atoms with Gasteiger partial charge in [0.05, 0.1) is 25.3 Å². The maximum Gasteiger partial charge on any atom is 0.238 e. The summed E-state index contributed by atoms with van der Waals surface area (Å²) in [6.45, 7) is 0.974. The Morgan fingerprint density at radius 1 is 1.07 bits per heavy atom. The van der Waals surface area contributed by atoms with Gasteiger partial charge in [-0.1, -0.05) is 23.7 Å². The van der Waals surface area contributed by atoms with E-state index in [1.807, 2.05) is 30.5 Å². The first kappa shape index (κ1) is 22.1. The van der Waals surface area contributed by atoms with Crippen molar-refractivity contribution < 1.29 is 14.3 Å². The van der Waals surface area contributed by atoms with Gasteiger partial charge in [-0.25, -0.2) is 0 Å². The van der Waals surface area contributed by atoms with Gasteiger partial charge in [0.15, 0.2) is 0 Å². The number of nitrogens with zero attached hydrogens (tertiary/aromatic N) is 1. The van der Waals surface area contributed by atoms with Crippen molar-refractivity contribution in [2.24, 2.45) is 0 Å². The molecule has 0 bridgehead atoms. The monoisotopic (exact) mass is 421 g/mol. The molecule has 0 aliphatic carbocycles. The zero-order valence-corrected chi connectivity index (χ0v) is 17.5. The zero-order chi connectivity index (χ0) is 20.4. The molecular formula is C20H24ClN3O3S. The number of ether oxygens (including phenoxy) is 1. The van der Waals surface area contributed by atoms with E-state index in [2.05, 4.69) is 10.6 Å². The number of hydrogen-bond acceptors (Lipinski definition) is 5. The number of thioether (sulfide) groups is 1. The summed E-state index contributed by atoms with van der Waals surface area (Å²) in [5.74, 6) is 0.361. The van der Waals surface area contributed by atoms with Crippen molar-refractivity contribution in [1.29, 1.82) is 0 Å². The van der Waals surface area contributed by atoms with E-state index in [1.54, 1.807) is 48.0 Å². The van der Waals surface area contributed by atoms with Gasteiger partial charge in [0, 0.05) is 9.92 Å². The van der Waals surface area contributed by atoms with Crippen LogP contribution in [0.5, 0.6) is 5.75 Å². The third-order valence-corrected chi connectivity index (χ3v) is 4.76. The Kier molecular flexibility index (Phi) is 9.13. The van der Waals surface area contributed by atoms with E-state index in [9.17, 15) is 9.59 Å². The summed E-state index contributed by atoms with van der Waals surface area (Å²) in [4.78, 5) is 26.8. The first-order valence-corrected chi connectivity index (χ1v) is 10.3. The molecule has 0 atom stereocenters. The Labute approximate surface area is 174 Å². The largest absolute Gasteiger partial charge is 0.492 e. The molecular weight excluding hydrogens is 398 g/mol. The molecule has 0 spiro atoms. The Morgan fingerprint density at radius 2 is 1.75 bits per heavy atom. The minimum atomic E-state index is -0.167. The van der Waals surface area contributed by atoms with Crippen LogP contribution < -0.4 is 15.4 Å². The predicted octanol–water partition coefficient (Wildman–Crippen LogP) is 3.13. The summed E-state index contributed by atoms with van der Waals surface area (Å²) in [6, 6.07) is 14.6. The van der Waals surface area contributed by atoms with Gasteiger partial charge in [-0.15, -0.1) is 11.8 Å². The lowest BCUT2D eigenvalue weighted by Crippen LogP contribution is -2.40. The van der Waals surface area contributed by atoms with Crippen molar-refractivity contribution in [3.05, 3.63) is 53.6 Å². The van der Waals surface area contributed by atoms with Crippen LogP contribution in [0.2, 0.25) is 5.02 Å². The van der Waals surface area contributed by atoms with E-state index in [-0.39, 0.29) is 24.9 Å². The van der Waals surface area contributed by atoms with Crippen LogP contribution in [0.1, 0.15) is 0 Å². The van der Waals surface area contributed by atoms with Crippen molar-refractivity contribution >= 4 is 40.9 Å². The fourth-order valence-corrected chi connectivity index (χ4v) is 3.11. The summed E-state index contributed by atoms with van der Waals surface area (Å²) in [6.07, 6.45) is 1.96. The molecule has 150 valence electrons. The van der Waals surface area contributed by atoms with Crippen LogP contribution in [0.3, 0.4) is 0 Å². The molecule has 2 amide bonds. The number of carbonyl (C=O) groups is 2. The quantitative estimate of drug-likeness (QED) is 0.455. The molecule has 0 aliphatic heterocycles. The smallest absolute Gasteiger partial charge is 0.238 e. The SMILES string of the molecule is CSc1ccccc1NC(=O)CN(C)CC(=O)NCCOc1ccc(Cl)cc1. The summed E-state index contributed by atoms with van der Waals surface area (Å²) < 4.78 is 5.52. The number of likely N-dealkylation sites (N-methyl/N-ethyl adjacent to an activating group) is 1. The molecule has 0 heterocycles. The van der Waals surface area contributed by atoms with Crippen LogP contribution >= 0.6 is 23.4 Å². The van der Waals surface area contributed by atoms with Crippen LogP contribution in [0.25, 0.3) is 0 Å². The van der Waals surface area contributed by atoms with Gasteiger partial charge in [0.2, 0.25) is 11.8 Å². The van der Waals surface area contributed by atoms with Crippen LogP contribution in [-0.2, 0) is 9.59 Å². The Hall–Kier alpha value is -2.22. The number of anilines is 1. The number of nitrogens with one attached hydrogen (secondary N) is 2. The second-order valence-electron chi connectivity index (χ2n) is 6.07. The van der Waals surface area contributed by atoms with Gasteiger partial charge in [0.1, 0.15) is 12.4 Å². The van der Waals surface area contributed by atoms with Gasteiger partial charge >= 0.3 is 0 Å².